The van der Waals surface area contributed by atoms with Gasteiger partial charge in [-0.1, -0.05) is 18.2 Å². The lowest BCUT2D eigenvalue weighted by molar-refractivity contribution is -0.142. The third kappa shape index (κ3) is 5.27. The number of methoxy groups -OCH3 is 2. The van der Waals surface area contributed by atoms with Gasteiger partial charge in [0.25, 0.3) is 0 Å². The van der Waals surface area contributed by atoms with Gasteiger partial charge in [0.1, 0.15) is 11.5 Å². The molecule has 0 aromatic heterocycles. The first-order valence-electron chi connectivity index (χ1n) is 11.2. The Bertz CT molecular complexity index is 995. The average Bonchev–Trinajstić information content (AvgIpc) is 2.81. The Morgan fingerprint density at radius 1 is 1.03 bits per heavy atom. The van der Waals surface area contributed by atoms with Crippen molar-refractivity contribution in [1.29, 1.82) is 0 Å². The van der Waals surface area contributed by atoms with E-state index in [1.165, 1.54) is 6.07 Å². The maximum Gasteiger partial charge on any atom is 0.416 e. The molecule has 178 valence electrons. The summed E-state index contributed by atoms with van der Waals surface area (Å²) in [5.41, 5.74) is 0.915. The van der Waals surface area contributed by atoms with Crippen LogP contribution < -0.4 is 9.47 Å². The lowest BCUT2D eigenvalue weighted by Crippen LogP contribution is -2.55. The number of amides is 1. The molecule has 5 nitrogen and oxygen atoms in total. The van der Waals surface area contributed by atoms with Crippen molar-refractivity contribution in [3.8, 4) is 11.5 Å². The van der Waals surface area contributed by atoms with E-state index in [1.807, 2.05) is 18.2 Å². The molecule has 0 saturated carbocycles. The van der Waals surface area contributed by atoms with Crippen molar-refractivity contribution in [2.24, 2.45) is 5.92 Å². The Kier molecular flexibility index (Phi) is 6.83. The van der Waals surface area contributed by atoms with Crippen LogP contribution in [0.15, 0.2) is 42.5 Å². The molecule has 33 heavy (non-hydrogen) atoms. The van der Waals surface area contributed by atoms with E-state index >= 15 is 0 Å². The van der Waals surface area contributed by atoms with Gasteiger partial charge in [-0.3, -0.25) is 9.69 Å². The maximum atomic E-state index is 13.1. The second-order valence-electron chi connectivity index (χ2n) is 8.79. The van der Waals surface area contributed by atoms with Gasteiger partial charge in [0.05, 0.1) is 19.8 Å². The van der Waals surface area contributed by atoms with E-state index in [0.29, 0.717) is 17.9 Å². The number of alkyl halides is 3. The number of nitrogens with zero attached hydrogens (tertiary/aromatic N) is 2. The number of carbonyl (C=O) groups excluding carboxylic acids is 1. The lowest BCUT2D eigenvalue weighted by Gasteiger charge is -2.47. The summed E-state index contributed by atoms with van der Waals surface area (Å²) in [6.07, 6.45) is -2.36. The quantitative estimate of drug-likeness (QED) is 0.622. The summed E-state index contributed by atoms with van der Waals surface area (Å²) < 4.78 is 50.1. The Morgan fingerprint density at radius 2 is 1.85 bits per heavy atom. The van der Waals surface area contributed by atoms with Crippen molar-refractivity contribution in [2.45, 2.75) is 44.6 Å². The molecule has 0 aliphatic carbocycles. The minimum absolute atomic E-state index is 0.0268. The van der Waals surface area contributed by atoms with E-state index in [2.05, 4.69) is 4.90 Å². The van der Waals surface area contributed by atoms with Crippen LogP contribution in [0.2, 0.25) is 0 Å². The monoisotopic (exact) mass is 462 g/mol. The Labute approximate surface area is 192 Å². The van der Waals surface area contributed by atoms with Crippen LogP contribution in [0.1, 0.15) is 36.0 Å². The highest BCUT2D eigenvalue weighted by Crippen LogP contribution is 2.35. The van der Waals surface area contributed by atoms with Gasteiger partial charge >= 0.3 is 6.18 Å². The number of hydrogen-bond donors (Lipinski definition) is 0. The molecule has 0 bridgehead atoms. The number of hydrogen-bond acceptors (Lipinski definition) is 4. The summed E-state index contributed by atoms with van der Waals surface area (Å²) in [5, 5.41) is 0. The topological polar surface area (TPSA) is 42.0 Å². The number of benzene rings is 2. The molecule has 0 N–H and O–H groups in total. The summed E-state index contributed by atoms with van der Waals surface area (Å²) >= 11 is 0. The van der Waals surface area contributed by atoms with Gasteiger partial charge in [0, 0.05) is 50.3 Å². The van der Waals surface area contributed by atoms with E-state index in [-0.39, 0.29) is 18.5 Å². The number of fused-ring (bicyclic) bond motifs is 1. The molecule has 0 unspecified atom stereocenters. The highest BCUT2D eigenvalue weighted by Gasteiger charge is 2.39. The molecule has 4 rings (SSSR count). The molecule has 2 aliphatic rings. The van der Waals surface area contributed by atoms with E-state index in [1.54, 1.807) is 25.2 Å². The predicted molar refractivity (Wildman–Crippen MR) is 118 cm³/mol. The van der Waals surface area contributed by atoms with Gasteiger partial charge in [-0.25, -0.2) is 0 Å². The predicted octanol–water partition coefficient (Wildman–Crippen LogP) is 4.74. The molecular formula is C25H29F3N2O3. The smallest absolute Gasteiger partial charge is 0.416 e. The Balaban J connectivity index is 1.44. The van der Waals surface area contributed by atoms with Gasteiger partial charge in [-0.05, 0) is 42.5 Å². The van der Waals surface area contributed by atoms with E-state index in [4.69, 9.17) is 9.47 Å². The second-order valence-corrected chi connectivity index (χ2v) is 8.79. The zero-order chi connectivity index (χ0) is 23.6. The number of rotatable bonds is 6. The zero-order valence-corrected chi connectivity index (χ0v) is 18.9. The van der Waals surface area contributed by atoms with Gasteiger partial charge in [0.15, 0.2) is 0 Å². The molecule has 2 aromatic rings. The first-order valence-corrected chi connectivity index (χ1v) is 11.2. The molecule has 0 spiro atoms. The summed E-state index contributed by atoms with van der Waals surface area (Å²) in [6, 6.07) is 11.1. The first kappa shape index (κ1) is 23.4. The minimum atomic E-state index is -4.39. The second kappa shape index (κ2) is 9.63. The van der Waals surface area contributed by atoms with Crippen LogP contribution in [0.25, 0.3) is 0 Å². The fourth-order valence-corrected chi connectivity index (χ4v) is 5.04. The average molecular weight is 463 g/mol. The van der Waals surface area contributed by atoms with Crippen LogP contribution in [-0.4, -0.2) is 49.1 Å². The number of ether oxygens (including phenoxy) is 2. The van der Waals surface area contributed by atoms with Crippen molar-refractivity contribution in [3.63, 3.8) is 0 Å². The van der Waals surface area contributed by atoms with Crippen LogP contribution in [0.4, 0.5) is 13.2 Å². The van der Waals surface area contributed by atoms with Crippen molar-refractivity contribution in [3.05, 3.63) is 59.2 Å². The summed E-state index contributed by atoms with van der Waals surface area (Å²) in [4.78, 5) is 16.9. The Hall–Kier alpha value is -2.74. The van der Waals surface area contributed by atoms with Crippen molar-refractivity contribution < 1.29 is 27.4 Å². The van der Waals surface area contributed by atoms with Gasteiger partial charge in [-0.15, -0.1) is 0 Å². The number of piperidine rings is 2. The third-order valence-electron chi connectivity index (χ3n) is 6.72. The molecule has 2 saturated heterocycles. The molecular weight excluding hydrogens is 433 g/mol. The van der Waals surface area contributed by atoms with Crippen LogP contribution in [-0.2, 0) is 24.1 Å². The van der Waals surface area contributed by atoms with E-state index in [9.17, 15) is 18.0 Å². The maximum absolute atomic E-state index is 13.1. The molecule has 2 aliphatic heterocycles. The van der Waals surface area contributed by atoms with Gasteiger partial charge in [0.2, 0.25) is 5.91 Å². The molecule has 2 heterocycles. The molecule has 2 atom stereocenters. The standard InChI is InChI=1S/C25H29F3N2O3/c1-32-21-8-6-19(23(13-21)33-2)16-29-11-10-22-18(15-29)7-9-24(31)30(22)14-17-4-3-5-20(12-17)25(26,27)28/h3-6,8,12-13,18,22H,7,9-11,14-16H2,1-2H3/t18-,22+/m0/s1. The zero-order valence-electron chi connectivity index (χ0n) is 18.9. The number of carbonyl (C=O) groups is 1. The summed E-state index contributed by atoms with van der Waals surface area (Å²) in [6.45, 7) is 2.60. The first-order chi connectivity index (χ1) is 15.8. The lowest BCUT2D eigenvalue weighted by atomic mass is 9.83. The molecule has 2 aromatic carbocycles. The normalized spacial score (nSPS) is 21.6. The van der Waals surface area contributed by atoms with Crippen LogP contribution in [0.3, 0.4) is 0 Å². The SMILES string of the molecule is COc1ccc(CN2CC[C@@H]3[C@@H](CCC(=O)N3Cc3cccc(C(F)(F)F)c3)C2)c(OC)c1. The highest BCUT2D eigenvalue weighted by atomic mass is 19.4. The largest absolute Gasteiger partial charge is 0.497 e. The molecule has 1 amide bonds. The third-order valence-corrected chi connectivity index (χ3v) is 6.72. The van der Waals surface area contributed by atoms with Crippen LogP contribution >= 0.6 is 0 Å². The number of halogens is 3. The van der Waals surface area contributed by atoms with Crippen molar-refractivity contribution in [2.75, 3.05) is 27.3 Å². The van der Waals surface area contributed by atoms with Crippen molar-refractivity contribution in [1.82, 2.24) is 9.80 Å². The molecule has 0 radical (unpaired) electrons. The van der Waals surface area contributed by atoms with Gasteiger partial charge < -0.3 is 14.4 Å². The summed E-state index contributed by atoms with van der Waals surface area (Å²) in [7, 11) is 3.26. The molecule has 8 heteroatoms. The summed E-state index contributed by atoms with van der Waals surface area (Å²) in [5.74, 6) is 1.84. The van der Waals surface area contributed by atoms with Crippen molar-refractivity contribution >= 4 is 5.91 Å². The van der Waals surface area contributed by atoms with E-state index < -0.39 is 11.7 Å². The van der Waals surface area contributed by atoms with E-state index in [0.717, 1.165) is 61.7 Å². The molecule has 2 fully saturated rings. The Morgan fingerprint density at radius 3 is 2.58 bits per heavy atom. The van der Waals surface area contributed by atoms with Crippen LogP contribution in [0, 0.1) is 5.92 Å². The fourth-order valence-electron chi connectivity index (χ4n) is 5.04. The fraction of sp³-hybridized carbons (Fsp3) is 0.480. The van der Waals surface area contributed by atoms with Gasteiger partial charge in [-0.2, -0.15) is 13.2 Å². The number of likely N-dealkylation sites (tertiary alicyclic amines) is 2. The van der Waals surface area contributed by atoms with Crippen LogP contribution in [0.5, 0.6) is 11.5 Å². The minimum Gasteiger partial charge on any atom is -0.497 e. The highest BCUT2D eigenvalue weighted by molar-refractivity contribution is 5.77.